The predicted molar refractivity (Wildman–Crippen MR) is 65.8 cm³/mol. The Bertz CT molecular complexity index is 444. The van der Waals surface area contributed by atoms with Crippen LogP contribution in [-0.4, -0.2) is 44.0 Å². The molecule has 114 valence electrons. The maximum absolute atomic E-state index is 12.7. The molecule has 2 heterocycles. The molecule has 0 radical (unpaired) electrons. The third kappa shape index (κ3) is 3.69. The van der Waals surface area contributed by atoms with Gasteiger partial charge in [0, 0.05) is 13.1 Å². The molecule has 0 aliphatic carbocycles. The van der Waals surface area contributed by atoms with E-state index in [1.54, 1.807) is 6.92 Å². The summed E-state index contributed by atoms with van der Waals surface area (Å²) in [7, 11) is 0. The molecule has 2 rings (SSSR count). The molecule has 1 aliphatic rings. The number of nitrogens with zero attached hydrogens (tertiary/aromatic N) is 4. The van der Waals surface area contributed by atoms with Crippen LogP contribution < -0.4 is 0 Å². The SMILES string of the molecule is CC(O)CCCCN1CCn2c(nnc2C(F)(F)F)C1. The third-order valence-electron chi connectivity index (χ3n) is 3.43. The first-order valence-corrected chi connectivity index (χ1v) is 6.77. The van der Waals surface area contributed by atoms with Crippen LogP contribution in [0, 0.1) is 0 Å². The molecule has 1 aromatic rings. The minimum absolute atomic E-state index is 0.271. The Morgan fingerprint density at radius 3 is 2.65 bits per heavy atom. The molecular weight excluding hydrogens is 273 g/mol. The molecule has 0 amide bonds. The normalized spacial score (nSPS) is 18.1. The van der Waals surface area contributed by atoms with Crippen molar-refractivity contribution in [1.82, 2.24) is 19.7 Å². The number of hydrogen-bond donors (Lipinski definition) is 1. The van der Waals surface area contributed by atoms with Gasteiger partial charge >= 0.3 is 6.18 Å². The minimum atomic E-state index is -4.44. The Balaban J connectivity index is 1.87. The van der Waals surface area contributed by atoms with Crippen LogP contribution in [0.5, 0.6) is 0 Å². The number of aliphatic hydroxyl groups is 1. The first-order valence-electron chi connectivity index (χ1n) is 6.77. The van der Waals surface area contributed by atoms with E-state index in [4.69, 9.17) is 5.11 Å². The van der Waals surface area contributed by atoms with Crippen molar-refractivity contribution in [3.05, 3.63) is 11.6 Å². The van der Waals surface area contributed by atoms with E-state index in [0.717, 1.165) is 30.4 Å². The van der Waals surface area contributed by atoms with Gasteiger partial charge in [-0.15, -0.1) is 10.2 Å². The second-order valence-electron chi connectivity index (χ2n) is 5.21. The fraction of sp³-hybridized carbons (Fsp3) is 0.833. The van der Waals surface area contributed by atoms with Crippen molar-refractivity contribution in [2.75, 3.05) is 13.1 Å². The van der Waals surface area contributed by atoms with E-state index in [1.807, 2.05) is 0 Å². The van der Waals surface area contributed by atoms with Gasteiger partial charge in [0.05, 0.1) is 12.6 Å². The van der Waals surface area contributed by atoms with E-state index in [0.29, 0.717) is 18.9 Å². The highest BCUT2D eigenvalue weighted by Gasteiger charge is 2.39. The summed E-state index contributed by atoms with van der Waals surface area (Å²) in [5.41, 5.74) is 0. The number of halogens is 3. The highest BCUT2D eigenvalue weighted by atomic mass is 19.4. The van der Waals surface area contributed by atoms with Crippen LogP contribution in [0.2, 0.25) is 0 Å². The third-order valence-corrected chi connectivity index (χ3v) is 3.43. The van der Waals surface area contributed by atoms with Gasteiger partial charge in [-0.05, 0) is 32.7 Å². The summed E-state index contributed by atoms with van der Waals surface area (Å²) in [6, 6.07) is 0. The van der Waals surface area contributed by atoms with Gasteiger partial charge in [-0.25, -0.2) is 0 Å². The highest BCUT2D eigenvalue weighted by molar-refractivity contribution is 5.02. The molecule has 0 spiro atoms. The van der Waals surface area contributed by atoms with Crippen LogP contribution in [0.15, 0.2) is 0 Å². The predicted octanol–water partition coefficient (Wildman–Crippen LogP) is 1.66. The molecule has 1 unspecified atom stereocenters. The number of aliphatic hydroxyl groups excluding tert-OH is 1. The molecule has 1 aliphatic heterocycles. The lowest BCUT2D eigenvalue weighted by Gasteiger charge is -2.27. The number of hydrogen-bond acceptors (Lipinski definition) is 4. The first-order chi connectivity index (χ1) is 9.38. The highest BCUT2D eigenvalue weighted by Crippen LogP contribution is 2.29. The van der Waals surface area contributed by atoms with Crippen LogP contribution in [0.25, 0.3) is 0 Å². The zero-order valence-corrected chi connectivity index (χ0v) is 11.4. The quantitative estimate of drug-likeness (QED) is 0.839. The topological polar surface area (TPSA) is 54.2 Å². The van der Waals surface area contributed by atoms with E-state index in [2.05, 4.69) is 15.1 Å². The smallest absolute Gasteiger partial charge is 0.393 e. The van der Waals surface area contributed by atoms with Crippen molar-refractivity contribution in [3.8, 4) is 0 Å². The number of unbranched alkanes of at least 4 members (excludes halogenated alkanes) is 1. The summed E-state index contributed by atoms with van der Waals surface area (Å²) in [5, 5.41) is 16.0. The van der Waals surface area contributed by atoms with Crippen molar-refractivity contribution in [2.24, 2.45) is 0 Å². The van der Waals surface area contributed by atoms with Gasteiger partial charge in [0.1, 0.15) is 5.82 Å². The first kappa shape index (κ1) is 15.2. The molecule has 0 saturated heterocycles. The summed E-state index contributed by atoms with van der Waals surface area (Å²) in [6.45, 7) is 3.80. The van der Waals surface area contributed by atoms with Crippen molar-refractivity contribution in [3.63, 3.8) is 0 Å². The molecular formula is C12H19F3N4O. The lowest BCUT2D eigenvalue weighted by atomic mass is 10.1. The van der Waals surface area contributed by atoms with Crippen LogP contribution >= 0.6 is 0 Å². The zero-order valence-electron chi connectivity index (χ0n) is 11.4. The van der Waals surface area contributed by atoms with Gasteiger partial charge in [0.15, 0.2) is 0 Å². The Morgan fingerprint density at radius 2 is 2.00 bits per heavy atom. The molecule has 8 heteroatoms. The van der Waals surface area contributed by atoms with Crippen LogP contribution in [-0.2, 0) is 19.3 Å². The molecule has 0 fully saturated rings. The average molecular weight is 292 g/mol. The number of rotatable bonds is 5. The monoisotopic (exact) mass is 292 g/mol. The maximum atomic E-state index is 12.7. The second-order valence-corrected chi connectivity index (χ2v) is 5.21. The Hall–Kier alpha value is -1.15. The molecule has 1 aromatic heterocycles. The largest absolute Gasteiger partial charge is 0.451 e. The van der Waals surface area contributed by atoms with Crippen LogP contribution in [0.1, 0.15) is 37.8 Å². The summed E-state index contributed by atoms with van der Waals surface area (Å²) in [5.74, 6) is -0.527. The summed E-state index contributed by atoms with van der Waals surface area (Å²) in [4.78, 5) is 2.08. The fourth-order valence-corrected chi connectivity index (χ4v) is 2.38. The number of alkyl halides is 3. The van der Waals surface area contributed by atoms with Crippen LogP contribution in [0.3, 0.4) is 0 Å². The van der Waals surface area contributed by atoms with E-state index in [9.17, 15) is 13.2 Å². The van der Waals surface area contributed by atoms with Crippen LogP contribution in [0.4, 0.5) is 13.2 Å². The van der Waals surface area contributed by atoms with E-state index < -0.39 is 12.0 Å². The zero-order chi connectivity index (χ0) is 14.8. The van der Waals surface area contributed by atoms with Crippen molar-refractivity contribution < 1.29 is 18.3 Å². The van der Waals surface area contributed by atoms with Crippen molar-refractivity contribution in [1.29, 1.82) is 0 Å². The maximum Gasteiger partial charge on any atom is 0.451 e. The lowest BCUT2D eigenvalue weighted by Crippen LogP contribution is -2.35. The number of aromatic nitrogens is 3. The lowest BCUT2D eigenvalue weighted by molar-refractivity contribution is -0.148. The van der Waals surface area contributed by atoms with Gasteiger partial charge in [0.2, 0.25) is 5.82 Å². The minimum Gasteiger partial charge on any atom is -0.393 e. The van der Waals surface area contributed by atoms with Gasteiger partial charge in [-0.3, -0.25) is 4.90 Å². The van der Waals surface area contributed by atoms with Crippen molar-refractivity contribution in [2.45, 2.75) is 51.6 Å². The van der Waals surface area contributed by atoms with Crippen molar-refractivity contribution >= 4 is 0 Å². The number of fused-ring (bicyclic) bond motifs is 1. The molecule has 0 bridgehead atoms. The molecule has 0 aromatic carbocycles. The molecule has 1 N–H and O–H groups in total. The Kier molecular flexibility index (Phi) is 4.64. The van der Waals surface area contributed by atoms with Gasteiger partial charge in [0.25, 0.3) is 0 Å². The van der Waals surface area contributed by atoms with E-state index >= 15 is 0 Å². The summed E-state index contributed by atoms with van der Waals surface area (Å²) in [6.07, 6.45) is -2.15. The second kappa shape index (κ2) is 6.09. The Labute approximate surface area is 115 Å². The Morgan fingerprint density at radius 1 is 1.25 bits per heavy atom. The van der Waals surface area contributed by atoms with Gasteiger partial charge < -0.3 is 9.67 Å². The standard InChI is InChI=1S/C12H19F3N4O/c1-9(20)4-2-3-5-18-6-7-19-10(8-18)16-17-11(19)12(13,14)15/h9,20H,2-8H2,1H3. The fourth-order valence-electron chi connectivity index (χ4n) is 2.38. The molecule has 20 heavy (non-hydrogen) atoms. The summed E-state index contributed by atoms with van der Waals surface area (Å²) >= 11 is 0. The van der Waals surface area contributed by atoms with E-state index in [1.165, 1.54) is 0 Å². The molecule has 5 nitrogen and oxygen atoms in total. The van der Waals surface area contributed by atoms with Gasteiger partial charge in [-0.1, -0.05) is 0 Å². The summed E-state index contributed by atoms with van der Waals surface area (Å²) < 4.78 is 39.2. The molecule has 1 atom stereocenters. The average Bonchev–Trinajstić information content (AvgIpc) is 2.77. The van der Waals surface area contributed by atoms with Gasteiger partial charge in [-0.2, -0.15) is 13.2 Å². The molecule has 0 saturated carbocycles. The van der Waals surface area contributed by atoms with E-state index in [-0.39, 0.29) is 12.6 Å².